The van der Waals surface area contributed by atoms with Gasteiger partial charge < -0.3 is 5.32 Å². The molecule has 5 nitrogen and oxygen atoms in total. The summed E-state index contributed by atoms with van der Waals surface area (Å²) in [5.41, 5.74) is 0.564. The maximum atomic E-state index is 11.9. The van der Waals surface area contributed by atoms with Gasteiger partial charge in [-0.1, -0.05) is 18.2 Å². The number of thioether (sulfide) groups is 1. The van der Waals surface area contributed by atoms with Crippen LogP contribution in [0.5, 0.6) is 0 Å². The average Bonchev–Trinajstić information content (AvgIpc) is 2.54. The summed E-state index contributed by atoms with van der Waals surface area (Å²) in [5, 5.41) is 2.73. The van der Waals surface area contributed by atoms with Crippen molar-refractivity contribution in [2.75, 3.05) is 18.1 Å². The van der Waals surface area contributed by atoms with Gasteiger partial charge >= 0.3 is 0 Å². The molecule has 0 aliphatic heterocycles. The molecule has 0 fully saturated rings. The van der Waals surface area contributed by atoms with Crippen LogP contribution in [0.3, 0.4) is 0 Å². The molecule has 2 rings (SSSR count). The van der Waals surface area contributed by atoms with E-state index in [9.17, 15) is 13.2 Å². The third-order valence-corrected chi connectivity index (χ3v) is 5.27. The Labute approximate surface area is 134 Å². The number of carbonyl (C=O) groups excluding carboxylic acids is 1. The van der Waals surface area contributed by atoms with Gasteiger partial charge in [-0.3, -0.25) is 4.79 Å². The van der Waals surface area contributed by atoms with Gasteiger partial charge in [-0.15, -0.1) is 11.8 Å². The minimum Gasteiger partial charge on any atom is -0.325 e. The fourth-order valence-electron chi connectivity index (χ4n) is 1.70. The summed E-state index contributed by atoms with van der Waals surface area (Å²) in [4.78, 5) is 13.0. The van der Waals surface area contributed by atoms with Crippen LogP contribution in [0, 0.1) is 0 Å². The van der Waals surface area contributed by atoms with E-state index in [1.54, 1.807) is 12.1 Å². The Morgan fingerprint density at radius 2 is 1.68 bits per heavy atom. The normalized spacial score (nSPS) is 11.1. The Morgan fingerprint density at radius 1 is 1.05 bits per heavy atom. The number of amides is 1. The van der Waals surface area contributed by atoms with Crippen molar-refractivity contribution in [2.45, 2.75) is 9.79 Å². The van der Waals surface area contributed by atoms with E-state index in [1.807, 2.05) is 30.3 Å². The molecule has 0 saturated carbocycles. The second-order valence-corrected chi connectivity index (χ2v) is 7.32. The monoisotopic (exact) mass is 336 g/mol. The Kier molecular flexibility index (Phi) is 5.59. The molecule has 2 N–H and O–H groups in total. The first-order valence-corrected chi connectivity index (χ1v) is 8.99. The van der Waals surface area contributed by atoms with E-state index in [1.165, 1.54) is 30.9 Å². The number of rotatable bonds is 6. The van der Waals surface area contributed by atoms with Gasteiger partial charge in [0, 0.05) is 10.6 Å². The van der Waals surface area contributed by atoms with E-state index >= 15 is 0 Å². The lowest BCUT2D eigenvalue weighted by Crippen LogP contribution is -2.18. The molecule has 0 saturated heterocycles. The quantitative estimate of drug-likeness (QED) is 0.794. The van der Waals surface area contributed by atoms with Crippen LogP contribution in [-0.4, -0.2) is 27.1 Å². The van der Waals surface area contributed by atoms with Crippen LogP contribution in [0.15, 0.2) is 64.4 Å². The molecule has 7 heteroatoms. The predicted octanol–water partition coefficient (Wildman–Crippen LogP) is 2.33. The van der Waals surface area contributed by atoms with E-state index in [-0.39, 0.29) is 10.8 Å². The predicted molar refractivity (Wildman–Crippen MR) is 88.5 cm³/mol. The maximum absolute atomic E-state index is 11.9. The van der Waals surface area contributed by atoms with Gasteiger partial charge in [0.05, 0.1) is 10.6 Å². The summed E-state index contributed by atoms with van der Waals surface area (Å²) in [6.45, 7) is 0. The standard InChI is InChI=1S/C15H16N2O3S2/c1-16-22(19,20)14-9-7-12(8-10-14)17-15(18)11-21-13-5-3-2-4-6-13/h2-10,16H,11H2,1H3,(H,17,18). The lowest BCUT2D eigenvalue weighted by molar-refractivity contribution is -0.113. The molecule has 0 bridgehead atoms. The van der Waals surface area contributed by atoms with Gasteiger partial charge in [0.1, 0.15) is 0 Å². The molecule has 0 spiro atoms. The first-order valence-electron chi connectivity index (χ1n) is 6.52. The summed E-state index contributed by atoms with van der Waals surface area (Å²) in [7, 11) is -2.10. The molecule has 1 amide bonds. The molecule has 0 atom stereocenters. The average molecular weight is 336 g/mol. The first-order chi connectivity index (χ1) is 10.5. The van der Waals surface area contributed by atoms with Crippen LogP contribution in [0.4, 0.5) is 5.69 Å². The Balaban J connectivity index is 1.92. The minimum atomic E-state index is -3.46. The van der Waals surface area contributed by atoms with Crippen LogP contribution in [0.1, 0.15) is 0 Å². The van der Waals surface area contributed by atoms with Crippen LogP contribution < -0.4 is 10.0 Å². The zero-order chi connectivity index (χ0) is 16.0. The Bertz CT molecular complexity index is 729. The van der Waals surface area contributed by atoms with E-state index in [0.29, 0.717) is 11.4 Å². The SMILES string of the molecule is CNS(=O)(=O)c1ccc(NC(=O)CSc2ccccc2)cc1. The number of hydrogen-bond donors (Lipinski definition) is 2. The number of anilines is 1. The number of carbonyl (C=O) groups is 1. The third kappa shape index (κ3) is 4.59. The second-order valence-electron chi connectivity index (χ2n) is 4.38. The number of benzene rings is 2. The summed E-state index contributed by atoms with van der Waals surface area (Å²) in [6, 6.07) is 15.7. The first kappa shape index (κ1) is 16.5. The highest BCUT2D eigenvalue weighted by molar-refractivity contribution is 8.00. The lowest BCUT2D eigenvalue weighted by atomic mass is 10.3. The highest BCUT2D eigenvalue weighted by Crippen LogP contribution is 2.18. The molecule has 0 aliphatic rings. The maximum Gasteiger partial charge on any atom is 0.240 e. The van der Waals surface area contributed by atoms with Gasteiger partial charge in [-0.25, -0.2) is 13.1 Å². The summed E-state index contributed by atoms with van der Waals surface area (Å²) < 4.78 is 25.4. The Morgan fingerprint density at radius 3 is 2.27 bits per heavy atom. The molecule has 0 radical (unpaired) electrons. The summed E-state index contributed by atoms with van der Waals surface area (Å²) >= 11 is 1.44. The van der Waals surface area contributed by atoms with Crippen LogP contribution >= 0.6 is 11.8 Å². The van der Waals surface area contributed by atoms with E-state index in [2.05, 4.69) is 10.0 Å². The third-order valence-electron chi connectivity index (χ3n) is 2.83. The molecule has 0 aliphatic carbocycles. The molecule has 0 aromatic heterocycles. The molecular formula is C15H16N2O3S2. The van der Waals surface area contributed by atoms with Crippen molar-refractivity contribution in [1.29, 1.82) is 0 Å². The van der Waals surface area contributed by atoms with E-state index in [4.69, 9.17) is 0 Å². The minimum absolute atomic E-state index is 0.141. The van der Waals surface area contributed by atoms with Crippen molar-refractivity contribution in [3.63, 3.8) is 0 Å². The van der Waals surface area contributed by atoms with Gasteiger partial charge in [0.2, 0.25) is 15.9 Å². The van der Waals surface area contributed by atoms with Gasteiger partial charge in [0.25, 0.3) is 0 Å². The van der Waals surface area contributed by atoms with Crippen molar-refractivity contribution in [3.05, 3.63) is 54.6 Å². The number of sulfonamides is 1. The smallest absolute Gasteiger partial charge is 0.240 e. The summed E-state index contributed by atoms with van der Waals surface area (Å²) in [6.07, 6.45) is 0. The van der Waals surface area contributed by atoms with Gasteiger partial charge in [-0.2, -0.15) is 0 Å². The van der Waals surface area contributed by atoms with E-state index < -0.39 is 10.0 Å². The molecular weight excluding hydrogens is 320 g/mol. The molecule has 2 aromatic rings. The fraction of sp³-hybridized carbons (Fsp3) is 0.133. The molecule has 2 aromatic carbocycles. The van der Waals surface area contributed by atoms with Crippen molar-refractivity contribution in [3.8, 4) is 0 Å². The molecule has 0 unspecified atom stereocenters. The topological polar surface area (TPSA) is 75.3 Å². The second kappa shape index (κ2) is 7.44. The highest BCUT2D eigenvalue weighted by atomic mass is 32.2. The zero-order valence-electron chi connectivity index (χ0n) is 11.9. The van der Waals surface area contributed by atoms with Crippen LogP contribution in [0.25, 0.3) is 0 Å². The van der Waals surface area contributed by atoms with Crippen LogP contribution in [0.2, 0.25) is 0 Å². The van der Waals surface area contributed by atoms with Gasteiger partial charge in [0.15, 0.2) is 0 Å². The molecule has 116 valence electrons. The highest BCUT2D eigenvalue weighted by Gasteiger charge is 2.11. The Hall–Kier alpha value is -1.83. The van der Waals surface area contributed by atoms with Gasteiger partial charge in [-0.05, 0) is 43.4 Å². The molecule has 0 heterocycles. The van der Waals surface area contributed by atoms with Crippen molar-refractivity contribution < 1.29 is 13.2 Å². The van der Waals surface area contributed by atoms with Crippen molar-refractivity contribution in [2.24, 2.45) is 0 Å². The van der Waals surface area contributed by atoms with Crippen molar-refractivity contribution >= 4 is 33.4 Å². The lowest BCUT2D eigenvalue weighted by Gasteiger charge is -2.07. The largest absolute Gasteiger partial charge is 0.325 e. The fourth-order valence-corrected chi connectivity index (χ4v) is 3.15. The molecule has 22 heavy (non-hydrogen) atoms. The van der Waals surface area contributed by atoms with Crippen molar-refractivity contribution in [1.82, 2.24) is 4.72 Å². The zero-order valence-corrected chi connectivity index (χ0v) is 13.6. The van der Waals surface area contributed by atoms with Crippen LogP contribution in [-0.2, 0) is 14.8 Å². The van der Waals surface area contributed by atoms with E-state index in [0.717, 1.165) is 4.90 Å². The number of hydrogen-bond acceptors (Lipinski definition) is 4. The number of nitrogens with one attached hydrogen (secondary N) is 2. The summed E-state index contributed by atoms with van der Waals surface area (Å²) in [5.74, 6) is 0.152.